The quantitative estimate of drug-likeness (QED) is 0.447. The van der Waals surface area contributed by atoms with Gasteiger partial charge in [-0.3, -0.25) is 4.99 Å². The lowest BCUT2D eigenvalue weighted by Gasteiger charge is -2.43. The molecule has 23 heavy (non-hydrogen) atoms. The fourth-order valence-electron chi connectivity index (χ4n) is 3.48. The molecule has 5 nitrogen and oxygen atoms in total. The molecule has 5 heteroatoms. The van der Waals surface area contributed by atoms with Crippen molar-refractivity contribution in [1.82, 2.24) is 15.5 Å². The molecule has 0 bridgehead atoms. The third kappa shape index (κ3) is 5.50. The lowest BCUT2D eigenvalue weighted by atomic mass is 9.88. The number of hydrogen-bond acceptors (Lipinski definition) is 3. The number of nitrogens with zero attached hydrogens (tertiary/aromatic N) is 2. The van der Waals surface area contributed by atoms with Gasteiger partial charge in [0.15, 0.2) is 5.96 Å². The smallest absolute Gasteiger partial charge is 0.191 e. The zero-order valence-corrected chi connectivity index (χ0v) is 15.2. The predicted molar refractivity (Wildman–Crippen MR) is 97.0 cm³/mol. The van der Waals surface area contributed by atoms with Gasteiger partial charge >= 0.3 is 0 Å². The Morgan fingerprint density at radius 3 is 2.65 bits per heavy atom. The van der Waals surface area contributed by atoms with E-state index in [9.17, 15) is 0 Å². The Kier molecular flexibility index (Phi) is 7.37. The van der Waals surface area contributed by atoms with Crippen LogP contribution in [0.2, 0.25) is 0 Å². The Labute approximate surface area is 141 Å². The van der Waals surface area contributed by atoms with E-state index in [-0.39, 0.29) is 5.54 Å². The van der Waals surface area contributed by atoms with Crippen molar-refractivity contribution in [2.24, 2.45) is 4.99 Å². The van der Waals surface area contributed by atoms with E-state index in [4.69, 9.17) is 4.74 Å². The molecule has 1 fully saturated rings. The van der Waals surface area contributed by atoms with E-state index < -0.39 is 0 Å². The van der Waals surface area contributed by atoms with Crippen molar-refractivity contribution in [3.63, 3.8) is 0 Å². The van der Waals surface area contributed by atoms with Crippen LogP contribution in [0.15, 0.2) is 16.6 Å². The zero-order valence-electron chi connectivity index (χ0n) is 15.2. The Morgan fingerprint density at radius 2 is 2.04 bits per heavy atom. The lowest BCUT2D eigenvalue weighted by molar-refractivity contribution is -0.00501. The maximum absolute atomic E-state index is 5.53. The Balaban J connectivity index is 1.76. The average Bonchev–Trinajstić information content (AvgIpc) is 2.59. The van der Waals surface area contributed by atoms with Crippen molar-refractivity contribution in [1.29, 1.82) is 0 Å². The summed E-state index contributed by atoms with van der Waals surface area (Å²) in [6, 6.07) is 0. The van der Waals surface area contributed by atoms with Crippen molar-refractivity contribution in [3.05, 3.63) is 11.6 Å². The van der Waals surface area contributed by atoms with Crippen LogP contribution in [0.25, 0.3) is 0 Å². The van der Waals surface area contributed by atoms with Gasteiger partial charge < -0.3 is 20.3 Å². The summed E-state index contributed by atoms with van der Waals surface area (Å²) in [5, 5.41) is 6.98. The van der Waals surface area contributed by atoms with Crippen molar-refractivity contribution >= 4 is 5.96 Å². The molecule has 0 saturated carbocycles. The first-order valence-electron chi connectivity index (χ1n) is 9.04. The van der Waals surface area contributed by atoms with Crippen molar-refractivity contribution < 1.29 is 4.74 Å². The maximum Gasteiger partial charge on any atom is 0.191 e. The van der Waals surface area contributed by atoms with Gasteiger partial charge in [-0.25, -0.2) is 0 Å². The molecule has 132 valence electrons. The molecular weight excluding hydrogens is 288 g/mol. The predicted octanol–water partition coefficient (Wildman–Crippen LogP) is 2.15. The topological polar surface area (TPSA) is 48.9 Å². The molecule has 0 radical (unpaired) electrons. The number of allylic oxidation sites excluding steroid dienone is 1. The fourth-order valence-corrected chi connectivity index (χ4v) is 3.48. The second kappa shape index (κ2) is 9.28. The molecule has 0 amide bonds. The van der Waals surface area contributed by atoms with Crippen LogP contribution in [0.1, 0.15) is 44.9 Å². The Bertz CT molecular complexity index is 411. The monoisotopic (exact) mass is 322 g/mol. The number of hydrogen-bond donors (Lipinski definition) is 2. The standard InChI is InChI=1S/C18H34N4O/c1-19-17(20-12-9-16-7-5-4-6-8-16)21-15-18(22(2)3)10-13-23-14-11-18/h7H,4-6,8-15H2,1-3H3,(H2,19,20,21). The van der Waals surface area contributed by atoms with Crippen LogP contribution in [-0.4, -0.2) is 63.8 Å². The summed E-state index contributed by atoms with van der Waals surface area (Å²) < 4.78 is 5.53. The molecule has 1 aliphatic carbocycles. The minimum absolute atomic E-state index is 0.168. The van der Waals surface area contributed by atoms with E-state index >= 15 is 0 Å². The summed E-state index contributed by atoms with van der Waals surface area (Å²) >= 11 is 0. The van der Waals surface area contributed by atoms with Crippen LogP contribution in [0.3, 0.4) is 0 Å². The molecule has 2 aliphatic rings. The number of rotatable bonds is 6. The van der Waals surface area contributed by atoms with Gasteiger partial charge in [-0.2, -0.15) is 0 Å². The van der Waals surface area contributed by atoms with Gasteiger partial charge in [0.05, 0.1) is 0 Å². The molecule has 2 N–H and O–H groups in total. The minimum Gasteiger partial charge on any atom is -0.381 e. The van der Waals surface area contributed by atoms with Gasteiger partial charge in [-0.1, -0.05) is 11.6 Å². The summed E-state index contributed by atoms with van der Waals surface area (Å²) in [7, 11) is 6.18. The van der Waals surface area contributed by atoms with E-state index in [1.165, 1.54) is 25.7 Å². The van der Waals surface area contributed by atoms with Crippen LogP contribution in [0, 0.1) is 0 Å². The number of likely N-dealkylation sites (N-methyl/N-ethyl adjacent to an activating group) is 1. The van der Waals surface area contributed by atoms with Gasteiger partial charge in [-0.15, -0.1) is 0 Å². The molecule has 1 aliphatic heterocycles. The zero-order chi connectivity index (χ0) is 16.5. The van der Waals surface area contributed by atoms with Gasteiger partial charge in [0.1, 0.15) is 0 Å². The van der Waals surface area contributed by atoms with Crippen molar-refractivity contribution in [3.8, 4) is 0 Å². The van der Waals surface area contributed by atoms with Gasteiger partial charge in [0.25, 0.3) is 0 Å². The molecule has 1 heterocycles. The normalized spacial score (nSPS) is 21.9. The van der Waals surface area contributed by atoms with Crippen LogP contribution >= 0.6 is 0 Å². The third-order valence-corrected chi connectivity index (χ3v) is 5.30. The molecule has 0 unspecified atom stereocenters. The maximum atomic E-state index is 5.53. The number of ether oxygens (including phenoxy) is 1. The van der Waals surface area contributed by atoms with Crippen molar-refractivity contribution in [2.75, 3.05) is 47.4 Å². The molecule has 0 aromatic carbocycles. The summed E-state index contributed by atoms with van der Waals surface area (Å²) in [6.07, 6.45) is 10.9. The number of aliphatic imine (C=N–C) groups is 1. The van der Waals surface area contributed by atoms with Gasteiger partial charge in [0.2, 0.25) is 0 Å². The van der Waals surface area contributed by atoms with Gasteiger partial charge in [0, 0.05) is 38.9 Å². The summed E-state index contributed by atoms with van der Waals surface area (Å²) in [6.45, 7) is 3.56. The van der Waals surface area contributed by atoms with Gasteiger partial charge in [-0.05, 0) is 59.0 Å². The van der Waals surface area contributed by atoms with E-state index in [2.05, 4.69) is 40.7 Å². The first kappa shape index (κ1) is 18.3. The second-order valence-corrected chi connectivity index (χ2v) is 6.94. The van der Waals surface area contributed by atoms with Crippen LogP contribution < -0.4 is 10.6 Å². The van der Waals surface area contributed by atoms with Crippen molar-refractivity contribution in [2.45, 2.75) is 50.5 Å². The van der Waals surface area contributed by atoms with E-state index in [1.54, 1.807) is 5.57 Å². The van der Waals surface area contributed by atoms with E-state index in [0.717, 1.165) is 51.5 Å². The van der Waals surface area contributed by atoms with Crippen LogP contribution in [0.5, 0.6) is 0 Å². The Hall–Kier alpha value is -1.07. The van der Waals surface area contributed by atoms with E-state index in [1.807, 2.05) is 7.05 Å². The Morgan fingerprint density at radius 1 is 1.26 bits per heavy atom. The molecule has 0 aromatic rings. The molecule has 0 aromatic heterocycles. The number of nitrogens with one attached hydrogen (secondary N) is 2. The second-order valence-electron chi connectivity index (χ2n) is 6.94. The molecule has 0 atom stereocenters. The van der Waals surface area contributed by atoms with E-state index in [0.29, 0.717) is 0 Å². The molecule has 0 spiro atoms. The number of guanidine groups is 1. The largest absolute Gasteiger partial charge is 0.381 e. The highest BCUT2D eigenvalue weighted by molar-refractivity contribution is 5.79. The summed E-state index contributed by atoms with van der Waals surface area (Å²) in [5.74, 6) is 0.911. The molecule has 1 saturated heterocycles. The summed E-state index contributed by atoms with van der Waals surface area (Å²) in [4.78, 5) is 6.71. The highest BCUT2D eigenvalue weighted by atomic mass is 16.5. The average molecular weight is 322 g/mol. The molecule has 2 rings (SSSR count). The minimum atomic E-state index is 0.168. The van der Waals surface area contributed by atoms with Crippen LogP contribution in [0.4, 0.5) is 0 Å². The summed E-state index contributed by atoms with van der Waals surface area (Å²) in [5.41, 5.74) is 1.77. The lowest BCUT2D eigenvalue weighted by Crippen LogP contribution is -2.57. The first-order chi connectivity index (χ1) is 11.2. The highest BCUT2D eigenvalue weighted by Crippen LogP contribution is 2.25. The van der Waals surface area contributed by atoms with Crippen LogP contribution in [-0.2, 0) is 4.74 Å². The highest BCUT2D eigenvalue weighted by Gasteiger charge is 2.34. The third-order valence-electron chi connectivity index (χ3n) is 5.30. The fraction of sp³-hybridized carbons (Fsp3) is 0.833. The first-order valence-corrected chi connectivity index (χ1v) is 9.04. The SMILES string of the molecule is CN=C(NCCC1=CCCCC1)NCC1(N(C)C)CCOCC1. The molecular formula is C18H34N4O.